The average Bonchev–Trinajstić information content (AvgIpc) is 3.90. The van der Waals surface area contributed by atoms with Crippen molar-refractivity contribution in [1.82, 2.24) is 65.1 Å². The zero-order valence-corrected chi connectivity index (χ0v) is 31.6. The smallest absolute Gasteiger partial charge is 0.368 e. The Morgan fingerprint density at radius 1 is 0.673 bits per heavy atom. The van der Waals surface area contributed by atoms with Crippen molar-refractivity contribution < 1.29 is 13.2 Å². The minimum Gasteiger partial charge on any atom is -0.368 e. The van der Waals surface area contributed by atoms with Crippen molar-refractivity contribution >= 4 is 47.1 Å². The molecule has 0 fully saturated rings. The lowest BCUT2D eigenvalue weighted by molar-refractivity contribution is -0.140. The maximum atomic E-state index is 13.1. The molecule has 0 bridgehead atoms. The highest BCUT2D eigenvalue weighted by Gasteiger charge is 2.36. The number of aryl methyl sites for hydroxylation is 1. The number of nitrogens with one attached hydrogen (secondary N) is 5. The van der Waals surface area contributed by atoms with E-state index in [1.165, 1.54) is 12.4 Å². The van der Waals surface area contributed by atoms with Crippen molar-refractivity contribution in [2.75, 3.05) is 59.5 Å². The first kappa shape index (κ1) is 39.1. The van der Waals surface area contributed by atoms with Crippen LogP contribution >= 0.6 is 23.5 Å². The number of halogens is 3. The van der Waals surface area contributed by atoms with Gasteiger partial charge in [-0.3, -0.25) is 14.8 Å². The SMILES string of the molecule is CSc1cnc(NCC(C)CNc2cnc(-c3cn(CCSc4cnc(NCC(C)CNc5cnc(-c6cn[nH]c6C(F)(F)F)cn5)nc4)nn3)cn2)nc1. The molecule has 55 heavy (non-hydrogen) atoms. The van der Waals surface area contributed by atoms with Crippen molar-refractivity contribution in [3.05, 3.63) is 67.7 Å². The van der Waals surface area contributed by atoms with Crippen LogP contribution in [0.5, 0.6) is 0 Å². The lowest BCUT2D eigenvalue weighted by Gasteiger charge is -2.14. The van der Waals surface area contributed by atoms with E-state index in [0.717, 1.165) is 21.7 Å². The molecule has 0 aliphatic rings. The number of H-pyrrole nitrogens is 1. The number of thioether (sulfide) groups is 2. The van der Waals surface area contributed by atoms with Crippen molar-refractivity contribution in [2.24, 2.45) is 11.8 Å². The Bertz CT molecular complexity index is 2060. The molecule has 2 unspecified atom stereocenters. The summed E-state index contributed by atoms with van der Waals surface area (Å²) in [5.74, 6) is 3.39. The normalized spacial score (nSPS) is 12.6. The first-order valence-electron chi connectivity index (χ1n) is 17.0. The molecule has 288 valence electrons. The third kappa shape index (κ3) is 11.4. The molecule has 6 heterocycles. The van der Waals surface area contributed by atoms with E-state index in [4.69, 9.17) is 0 Å². The van der Waals surface area contributed by atoms with Gasteiger partial charge >= 0.3 is 6.18 Å². The summed E-state index contributed by atoms with van der Waals surface area (Å²) in [6.07, 6.45) is 13.5. The second-order valence-electron chi connectivity index (χ2n) is 12.4. The fourth-order valence-electron chi connectivity index (χ4n) is 4.82. The molecule has 22 heteroatoms. The summed E-state index contributed by atoms with van der Waals surface area (Å²) in [7, 11) is 0. The maximum Gasteiger partial charge on any atom is 0.433 e. The van der Waals surface area contributed by atoms with Gasteiger partial charge in [-0.2, -0.15) is 18.3 Å². The molecule has 0 saturated carbocycles. The molecule has 0 spiro atoms. The summed E-state index contributed by atoms with van der Waals surface area (Å²) in [6, 6.07) is 0. The molecule has 0 radical (unpaired) electrons. The van der Waals surface area contributed by atoms with Crippen LogP contribution in [0.15, 0.2) is 71.8 Å². The second kappa shape index (κ2) is 18.6. The topological polar surface area (TPSA) is 211 Å². The van der Waals surface area contributed by atoms with E-state index in [0.29, 0.717) is 73.6 Å². The predicted octanol–water partition coefficient (Wildman–Crippen LogP) is 5.35. The van der Waals surface area contributed by atoms with Crippen molar-refractivity contribution in [1.29, 1.82) is 0 Å². The molecule has 0 aliphatic carbocycles. The molecule has 2 atom stereocenters. The van der Waals surface area contributed by atoms with E-state index in [1.54, 1.807) is 65.4 Å². The maximum absolute atomic E-state index is 13.1. The van der Waals surface area contributed by atoms with Gasteiger partial charge in [0, 0.05) is 66.5 Å². The minimum absolute atomic E-state index is 0.0742. The standard InChI is InChI=1S/C33H38F3N17S2/c1-20(6-39-28-17-37-25(15-41-28)24-14-49-51-30(24)33(34,35)36)9-44-32-47-12-23(13-48-32)55-5-4-53-19-27(50-52-53)26-16-42-29(18-38-26)40-7-21(2)8-43-31-45-10-22(54-3)11-46-31/h10-21H,4-9H2,1-3H3,(H,39,41)(H,40,42)(H,49,51)(H,43,45,46)(H,44,47,48). The van der Waals surface area contributed by atoms with E-state index in [1.807, 2.05) is 24.5 Å². The van der Waals surface area contributed by atoms with Crippen LogP contribution in [0.25, 0.3) is 22.6 Å². The Morgan fingerprint density at radius 3 is 1.78 bits per heavy atom. The predicted molar refractivity (Wildman–Crippen MR) is 205 cm³/mol. The zero-order chi connectivity index (χ0) is 38.6. The lowest BCUT2D eigenvalue weighted by atomic mass is 10.2. The Balaban J connectivity index is 0.863. The fourth-order valence-corrected chi connectivity index (χ4v) is 5.90. The van der Waals surface area contributed by atoms with E-state index >= 15 is 0 Å². The van der Waals surface area contributed by atoms with Crippen LogP contribution in [0, 0.1) is 11.8 Å². The number of anilines is 4. The Kier molecular flexibility index (Phi) is 13.2. The first-order valence-corrected chi connectivity index (χ1v) is 19.3. The van der Waals surface area contributed by atoms with Crippen molar-refractivity contribution in [3.63, 3.8) is 0 Å². The number of hydrogen-bond donors (Lipinski definition) is 5. The highest BCUT2D eigenvalue weighted by atomic mass is 32.2. The molecule has 17 nitrogen and oxygen atoms in total. The molecular formula is C33H38F3N17S2. The summed E-state index contributed by atoms with van der Waals surface area (Å²) in [4.78, 5) is 36.7. The van der Waals surface area contributed by atoms with E-state index in [-0.39, 0.29) is 17.2 Å². The van der Waals surface area contributed by atoms with E-state index in [9.17, 15) is 13.2 Å². The summed E-state index contributed by atoms with van der Waals surface area (Å²) < 4.78 is 41.2. The third-order valence-corrected chi connectivity index (χ3v) is 9.48. The number of aromatic nitrogens is 13. The Hall–Kier alpha value is -5.64. The highest BCUT2D eigenvalue weighted by molar-refractivity contribution is 7.99. The van der Waals surface area contributed by atoms with Crippen molar-refractivity contribution in [2.45, 2.75) is 36.4 Å². The van der Waals surface area contributed by atoms with E-state index < -0.39 is 11.9 Å². The first-order chi connectivity index (χ1) is 26.6. The van der Waals surface area contributed by atoms with Gasteiger partial charge in [0.25, 0.3) is 0 Å². The summed E-state index contributed by atoms with van der Waals surface area (Å²) in [6.45, 7) is 7.29. The molecule has 6 rings (SSSR count). The molecule has 5 N–H and O–H groups in total. The second-order valence-corrected chi connectivity index (χ2v) is 14.4. The minimum atomic E-state index is -4.57. The summed E-state index contributed by atoms with van der Waals surface area (Å²) >= 11 is 3.21. The monoisotopic (exact) mass is 793 g/mol. The van der Waals surface area contributed by atoms with E-state index in [2.05, 4.69) is 83.5 Å². The third-order valence-electron chi connectivity index (χ3n) is 7.87. The largest absolute Gasteiger partial charge is 0.433 e. The summed E-state index contributed by atoms with van der Waals surface area (Å²) in [5.41, 5.74) is 0.223. The van der Waals surface area contributed by atoms with Crippen LogP contribution in [0.1, 0.15) is 19.5 Å². The number of aromatic amines is 1. The van der Waals surface area contributed by atoms with Gasteiger partial charge in [-0.25, -0.2) is 34.9 Å². The summed E-state index contributed by atoms with van der Waals surface area (Å²) in [5, 5.41) is 26.9. The molecule has 0 aliphatic heterocycles. The number of hydrogen-bond acceptors (Lipinski definition) is 17. The van der Waals surface area contributed by atoms with Crippen LogP contribution < -0.4 is 21.3 Å². The average molecular weight is 794 g/mol. The van der Waals surface area contributed by atoms with Crippen LogP contribution in [-0.4, -0.2) is 103 Å². The molecular weight excluding hydrogens is 756 g/mol. The highest BCUT2D eigenvalue weighted by Crippen LogP contribution is 2.34. The number of alkyl halides is 3. The molecule has 0 amide bonds. The molecule has 6 aromatic heterocycles. The van der Waals surface area contributed by atoms with Gasteiger partial charge < -0.3 is 21.3 Å². The Labute approximate surface area is 322 Å². The molecule has 0 saturated heterocycles. The van der Waals surface area contributed by atoms with Crippen molar-refractivity contribution in [3.8, 4) is 22.6 Å². The van der Waals surface area contributed by atoms with Crippen LogP contribution in [0.4, 0.5) is 36.7 Å². The number of rotatable bonds is 19. The van der Waals surface area contributed by atoms with Gasteiger partial charge in [-0.15, -0.1) is 28.6 Å². The molecule has 0 aromatic carbocycles. The fraction of sp³-hybridized carbons (Fsp3) is 0.364. The number of nitrogens with zero attached hydrogens (tertiary/aromatic N) is 12. The Morgan fingerprint density at radius 2 is 1.24 bits per heavy atom. The van der Waals surface area contributed by atoms with Crippen LogP contribution in [0.3, 0.4) is 0 Å². The van der Waals surface area contributed by atoms with Gasteiger partial charge in [0.05, 0.1) is 55.0 Å². The van der Waals surface area contributed by atoms with Gasteiger partial charge in [-0.1, -0.05) is 19.1 Å². The quantitative estimate of drug-likeness (QED) is 0.0655. The van der Waals surface area contributed by atoms with Gasteiger partial charge in [0.2, 0.25) is 11.9 Å². The lowest BCUT2D eigenvalue weighted by Crippen LogP contribution is -2.21. The van der Waals surface area contributed by atoms with Gasteiger partial charge in [-0.05, 0) is 18.1 Å². The zero-order valence-electron chi connectivity index (χ0n) is 30.0. The van der Waals surface area contributed by atoms with Gasteiger partial charge in [0.15, 0.2) is 0 Å². The van der Waals surface area contributed by atoms with Gasteiger partial charge in [0.1, 0.15) is 28.7 Å². The molecule has 6 aromatic rings. The van der Waals surface area contributed by atoms with Crippen LogP contribution in [-0.2, 0) is 12.7 Å². The van der Waals surface area contributed by atoms with Crippen LogP contribution in [0.2, 0.25) is 0 Å².